The topological polar surface area (TPSA) is 141 Å². The van der Waals surface area contributed by atoms with E-state index in [-0.39, 0.29) is 28.0 Å². The molecule has 172 valence electrons. The quantitative estimate of drug-likeness (QED) is 0.541. The van der Waals surface area contributed by atoms with Crippen molar-refractivity contribution in [3.63, 3.8) is 0 Å². The Bertz CT molecular complexity index is 1070. The van der Waals surface area contributed by atoms with E-state index in [1.165, 1.54) is 36.4 Å². The molecule has 0 spiro atoms. The van der Waals surface area contributed by atoms with E-state index in [2.05, 4.69) is 10.3 Å². The molecule has 2 N–H and O–H groups in total. The third kappa shape index (κ3) is 6.77. The molecule has 11 heteroatoms. The van der Waals surface area contributed by atoms with E-state index in [0.717, 1.165) is 6.20 Å². The number of sulfonamides is 1. The van der Waals surface area contributed by atoms with E-state index in [1.807, 2.05) is 18.6 Å². The van der Waals surface area contributed by atoms with Crippen LogP contribution in [0.25, 0.3) is 0 Å². The highest BCUT2D eigenvalue weighted by Gasteiger charge is 2.21. The Morgan fingerprint density at radius 2 is 1.72 bits per heavy atom. The largest absolute Gasteiger partial charge is 0.515 e. The summed E-state index contributed by atoms with van der Waals surface area (Å²) in [6, 6.07) is 7.79. The monoisotopic (exact) mass is 463 g/mol. The van der Waals surface area contributed by atoms with Crippen molar-refractivity contribution < 1.29 is 32.3 Å². The second kappa shape index (κ2) is 11.2. The maximum atomic E-state index is 12.6. The van der Waals surface area contributed by atoms with E-state index in [1.54, 1.807) is 6.92 Å². The molecule has 0 bridgehead atoms. The summed E-state index contributed by atoms with van der Waals surface area (Å²) < 4.78 is 37.1. The standard InChI is InChI=1S/C21H25N3O7S/c1-4-16(5-2)30-21(27)31-18-11-10-15(13-23-18)20(26)24-32(28,29)17-9-7-8-14(12-17)19(25)22-6-3/h7-13,16H,4-6H2,1-3H3,(H,22,25)(H,24,26). The van der Waals surface area contributed by atoms with E-state index < -0.39 is 28.0 Å². The lowest BCUT2D eigenvalue weighted by Gasteiger charge is -2.13. The third-order valence-corrected chi connectivity index (χ3v) is 5.66. The fourth-order valence-corrected chi connectivity index (χ4v) is 3.60. The summed E-state index contributed by atoms with van der Waals surface area (Å²) in [6.07, 6.45) is 1.15. The minimum atomic E-state index is -4.24. The van der Waals surface area contributed by atoms with E-state index in [9.17, 15) is 22.8 Å². The number of amides is 2. The van der Waals surface area contributed by atoms with Crippen molar-refractivity contribution in [2.75, 3.05) is 6.54 Å². The summed E-state index contributed by atoms with van der Waals surface area (Å²) in [5.41, 5.74) is 0.0692. The lowest BCUT2D eigenvalue weighted by molar-refractivity contribution is 0.0538. The zero-order valence-corrected chi connectivity index (χ0v) is 18.8. The Kier molecular flexibility index (Phi) is 8.71. The Morgan fingerprint density at radius 3 is 2.31 bits per heavy atom. The van der Waals surface area contributed by atoms with Gasteiger partial charge in [-0.3, -0.25) is 9.59 Å². The Balaban J connectivity index is 2.06. The van der Waals surface area contributed by atoms with E-state index in [4.69, 9.17) is 9.47 Å². The molecule has 0 unspecified atom stereocenters. The molecule has 10 nitrogen and oxygen atoms in total. The van der Waals surface area contributed by atoms with Gasteiger partial charge in [-0.25, -0.2) is 22.9 Å². The van der Waals surface area contributed by atoms with Crippen molar-refractivity contribution in [3.05, 3.63) is 53.7 Å². The summed E-state index contributed by atoms with van der Waals surface area (Å²) in [5.74, 6) is -1.47. The van der Waals surface area contributed by atoms with Crippen LogP contribution in [0.4, 0.5) is 4.79 Å². The minimum absolute atomic E-state index is 0.0748. The van der Waals surface area contributed by atoms with Gasteiger partial charge in [0.15, 0.2) is 0 Å². The molecule has 2 amide bonds. The Labute approximate surface area is 186 Å². The van der Waals surface area contributed by atoms with Gasteiger partial charge in [-0.1, -0.05) is 19.9 Å². The van der Waals surface area contributed by atoms with Gasteiger partial charge in [0.05, 0.1) is 10.5 Å². The first-order valence-electron chi connectivity index (χ1n) is 10.00. The van der Waals surface area contributed by atoms with Crippen LogP contribution in [0.1, 0.15) is 54.3 Å². The van der Waals surface area contributed by atoms with Gasteiger partial charge in [-0.05, 0) is 44.0 Å². The number of pyridine rings is 1. The normalized spacial score (nSPS) is 11.0. The van der Waals surface area contributed by atoms with E-state index >= 15 is 0 Å². The van der Waals surface area contributed by atoms with Gasteiger partial charge in [-0.15, -0.1) is 0 Å². The number of aromatic nitrogens is 1. The first-order valence-corrected chi connectivity index (χ1v) is 11.5. The SMILES string of the molecule is CCNC(=O)c1cccc(S(=O)(=O)NC(=O)c2ccc(OC(=O)OC(CC)CC)nc2)c1. The average molecular weight is 464 g/mol. The highest BCUT2D eigenvalue weighted by molar-refractivity contribution is 7.90. The molecule has 0 radical (unpaired) electrons. The molecule has 0 atom stereocenters. The molecule has 2 rings (SSSR count). The third-order valence-electron chi connectivity index (χ3n) is 4.33. The van der Waals surface area contributed by atoms with Gasteiger partial charge in [0.1, 0.15) is 6.10 Å². The summed E-state index contributed by atoms with van der Waals surface area (Å²) in [7, 11) is -4.24. The van der Waals surface area contributed by atoms with Crippen LogP contribution in [0.15, 0.2) is 47.5 Å². The molecule has 0 saturated carbocycles. The van der Waals surface area contributed by atoms with Crippen molar-refractivity contribution in [3.8, 4) is 5.88 Å². The molecular weight excluding hydrogens is 438 g/mol. The highest BCUT2D eigenvalue weighted by atomic mass is 32.2. The van der Waals surface area contributed by atoms with Gasteiger partial charge in [0, 0.05) is 24.4 Å². The first-order chi connectivity index (χ1) is 15.2. The van der Waals surface area contributed by atoms with Crippen LogP contribution < -0.4 is 14.8 Å². The average Bonchev–Trinajstić information content (AvgIpc) is 2.78. The van der Waals surface area contributed by atoms with Crippen molar-refractivity contribution in [1.29, 1.82) is 0 Å². The predicted octanol–water partition coefficient (Wildman–Crippen LogP) is 2.65. The van der Waals surface area contributed by atoms with E-state index in [0.29, 0.717) is 19.4 Å². The van der Waals surface area contributed by atoms with Gasteiger partial charge in [0.25, 0.3) is 21.8 Å². The number of carbonyl (C=O) groups excluding carboxylic acids is 3. The summed E-state index contributed by atoms with van der Waals surface area (Å²) in [4.78, 5) is 39.6. The molecular formula is C21H25N3O7S. The second-order valence-corrected chi connectivity index (χ2v) is 8.30. The lowest BCUT2D eigenvalue weighted by atomic mass is 10.2. The maximum absolute atomic E-state index is 12.6. The fraction of sp³-hybridized carbons (Fsp3) is 0.333. The minimum Gasteiger partial charge on any atom is -0.431 e. The molecule has 1 aromatic heterocycles. The molecule has 0 aliphatic heterocycles. The van der Waals surface area contributed by atoms with Gasteiger partial charge in [0.2, 0.25) is 5.88 Å². The number of nitrogens with one attached hydrogen (secondary N) is 2. The molecule has 32 heavy (non-hydrogen) atoms. The number of rotatable bonds is 9. The zero-order valence-electron chi connectivity index (χ0n) is 18.0. The second-order valence-electron chi connectivity index (χ2n) is 6.62. The number of benzene rings is 1. The number of hydrogen-bond acceptors (Lipinski definition) is 8. The van der Waals surface area contributed by atoms with Crippen LogP contribution in [0.5, 0.6) is 5.88 Å². The van der Waals surface area contributed by atoms with Crippen molar-refractivity contribution in [1.82, 2.24) is 15.0 Å². The number of nitrogens with zero attached hydrogens (tertiary/aromatic N) is 1. The van der Waals surface area contributed by atoms with Crippen molar-refractivity contribution >= 4 is 28.0 Å². The smallest absolute Gasteiger partial charge is 0.431 e. The van der Waals surface area contributed by atoms with Crippen LogP contribution in [-0.4, -0.2) is 44.0 Å². The Morgan fingerprint density at radius 1 is 1.00 bits per heavy atom. The van der Waals surface area contributed by atoms with Crippen LogP contribution in [0.3, 0.4) is 0 Å². The van der Waals surface area contributed by atoms with Gasteiger partial charge in [-0.2, -0.15) is 0 Å². The summed E-state index contributed by atoms with van der Waals surface area (Å²) in [6.45, 7) is 5.86. The molecule has 0 aliphatic rings. The van der Waals surface area contributed by atoms with Crippen LogP contribution in [0, 0.1) is 0 Å². The summed E-state index contributed by atoms with van der Waals surface area (Å²) in [5, 5.41) is 2.57. The maximum Gasteiger partial charge on any atom is 0.515 e. The number of hydrogen-bond donors (Lipinski definition) is 2. The zero-order chi connectivity index (χ0) is 23.7. The van der Waals surface area contributed by atoms with Crippen molar-refractivity contribution in [2.45, 2.75) is 44.6 Å². The first kappa shape index (κ1) is 24.8. The van der Waals surface area contributed by atoms with Crippen molar-refractivity contribution in [2.24, 2.45) is 0 Å². The molecule has 0 fully saturated rings. The Hall–Kier alpha value is -3.47. The highest BCUT2D eigenvalue weighted by Crippen LogP contribution is 2.14. The fourth-order valence-electron chi connectivity index (χ4n) is 2.58. The molecule has 0 saturated heterocycles. The number of ether oxygens (including phenoxy) is 2. The number of carbonyl (C=O) groups is 3. The lowest BCUT2D eigenvalue weighted by Crippen LogP contribution is -2.31. The van der Waals surface area contributed by atoms with Crippen LogP contribution in [-0.2, 0) is 14.8 Å². The van der Waals surface area contributed by atoms with Gasteiger partial charge < -0.3 is 14.8 Å². The molecule has 0 aliphatic carbocycles. The molecule has 1 heterocycles. The molecule has 1 aromatic carbocycles. The summed E-state index contributed by atoms with van der Waals surface area (Å²) >= 11 is 0. The van der Waals surface area contributed by atoms with Crippen LogP contribution in [0.2, 0.25) is 0 Å². The van der Waals surface area contributed by atoms with Gasteiger partial charge >= 0.3 is 6.16 Å². The van der Waals surface area contributed by atoms with Crippen LogP contribution >= 0.6 is 0 Å². The molecule has 2 aromatic rings. The predicted molar refractivity (Wildman–Crippen MR) is 115 cm³/mol.